The summed E-state index contributed by atoms with van der Waals surface area (Å²) in [6.07, 6.45) is 3.38. The quantitative estimate of drug-likeness (QED) is 0.0866. The molecule has 2 aliphatic heterocycles. The Morgan fingerprint density at radius 2 is 1.00 bits per heavy atom. The number of sulfone groups is 2. The lowest BCUT2D eigenvalue weighted by Gasteiger charge is -2.37. The molecule has 19 heteroatoms. The van der Waals surface area contributed by atoms with Crippen molar-refractivity contribution >= 4 is 55.1 Å². The molecule has 6 amide bonds. The second kappa shape index (κ2) is 28.0. The lowest BCUT2D eigenvalue weighted by Crippen LogP contribution is -2.59. The number of nitrogens with zero attached hydrogens (tertiary/aromatic N) is 4. The van der Waals surface area contributed by atoms with Crippen LogP contribution in [0.5, 0.6) is 0 Å². The Labute approximate surface area is 464 Å². The van der Waals surface area contributed by atoms with Crippen molar-refractivity contribution in [1.82, 2.24) is 35.6 Å². The highest BCUT2D eigenvalue weighted by Gasteiger charge is 2.43. The molecule has 17 nitrogen and oxygen atoms in total. The Morgan fingerprint density at radius 1 is 0.603 bits per heavy atom. The van der Waals surface area contributed by atoms with E-state index in [-0.39, 0.29) is 77.6 Å². The van der Waals surface area contributed by atoms with Gasteiger partial charge in [-0.3, -0.25) is 28.8 Å². The summed E-state index contributed by atoms with van der Waals surface area (Å²) in [5, 5.41) is 8.84. The number of carbonyl (C=O) groups is 6. The third-order valence-corrected chi connectivity index (χ3v) is 18.7. The number of benzene rings is 3. The number of amides is 6. The van der Waals surface area contributed by atoms with Gasteiger partial charge in [-0.1, -0.05) is 122 Å². The highest BCUT2D eigenvalue weighted by Crippen LogP contribution is 2.29. The molecule has 2 aliphatic rings. The van der Waals surface area contributed by atoms with E-state index in [0.717, 1.165) is 17.2 Å². The van der Waals surface area contributed by atoms with Gasteiger partial charge in [-0.05, 0) is 99.1 Å². The minimum atomic E-state index is -4.22. The molecule has 2 saturated heterocycles. The average Bonchev–Trinajstić information content (AvgIpc) is 4.09. The van der Waals surface area contributed by atoms with Gasteiger partial charge in [-0.2, -0.15) is 0 Å². The Bertz CT molecular complexity index is 2560. The van der Waals surface area contributed by atoms with E-state index in [4.69, 9.17) is 0 Å². The van der Waals surface area contributed by atoms with Crippen LogP contribution in [0, 0.1) is 16.7 Å². The lowest BCUT2D eigenvalue weighted by molar-refractivity contribution is -0.142. The molecule has 2 heterocycles. The van der Waals surface area contributed by atoms with Crippen LogP contribution in [0.3, 0.4) is 0 Å². The third kappa shape index (κ3) is 17.7. The minimum absolute atomic E-state index is 0.151. The van der Waals surface area contributed by atoms with Gasteiger partial charge >= 0.3 is 0 Å². The van der Waals surface area contributed by atoms with E-state index in [1.54, 1.807) is 33.6 Å². The standard InChI is InChI=1S/C59H87N7O10S2/c1-11-42(2)54(69)61-52(58(4,5)6)56(71)65-33-19-25-46(65)40-63(35-29-44-21-14-12-15-22-44)50(67)31-37-77(73,74)48-27-18-28-49(39-48)78(75,76)38-32-51(68)64(36-30-45-23-16-13-17-24-45)41-47-26-20-34-66(47)57(72)53(59(7,8)9)62-55(70)43(3)60-10/h12-18,21-24,27-28,39,42-43,46-47,52-53,60H,11,19-20,25-26,29-38,40-41H2,1-10H3,(H,61,69)(H,62,70)/t42-,43+,46+,47+,52-,53-/m1/s1. The van der Waals surface area contributed by atoms with E-state index in [1.165, 1.54) is 18.2 Å². The molecule has 3 N–H and O–H groups in total. The van der Waals surface area contributed by atoms with Gasteiger partial charge in [0, 0.05) is 70.1 Å². The highest BCUT2D eigenvalue weighted by atomic mass is 32.2. The second-order valence-electron chi connectivity index (χ2n) is 23.4. The Morgan fingerprint density at radius 3 is 1.37 bits per heavy atom. The van der Waals surface area contributed by atoms with E-state index in [1.807, 2.05) is 116 Å². The summed E-state index contributed by atoms with van der Waals surface area (Å²) >= 11 is 0. The topological polar surface area (TPSA) is 220 Å². The predicted molar refractivity (Wildman–Crippen MR) is 303 cm³/mol. The fraction of sp³-hybridized carbons (Fsp3) is 0.593. The maximum absolute atomic E-state index is 14.3. The summed E-state index contributed by atoms with van der Waals surface area (Å²) in [6.45, 7) is 18.5. The molecule has 0 unspecified atom stereocenters. The highest BCUT2D eigenvalue weighted by molar-refractivity contribution is 7.92. The molecule has 6 atom stereocenters. The Kier molecular flexibility index (Phi) is 22.7. The number of nitrogens with one attached hydrogen (secondary N) is 3. The van der Waals surface area contributed by atoms with Crippen LogP contribution in [0.15, 0.2) is 94.7 Å². The van der Waals surface area contributed by atoms with Crippen LogP contribution >= 0.6 is 0 Å². The normalized spacial score (nSPS) is 17.7. The van der Waals surface area contributed by atoms with Gasteiger partial charge in [-0.25, -0.2) is 16.8 Å². The van der Waals surface area contributed by atoms with Crippen molar-refractivity contribution in [2.75, 3.05) is 57.8 Å². The zero-order chi connectivity index (χ0) is 57.6. The maximum Gasteiger partial charge on any atom is 0.246 e. The molecular weight excluding hydrogens is 1030 g/mol. The maximum atomic E-state index is 14.3. The van der Waals surface area contributed by atoms with Crippen molar-refractivity contribution in [1.29, 1.82) is 0 Å². The van der Waals surface area contributed by atoms with Gasteiger partial charge in [0.25, 0.3) is 0 Å². The van der Waals surface area contributed by atoms with Crippen LogP contribution in [-0.2, 0) is 61.3 Å². The summed E-state index contributed by atoms with van der Waals surface area (Å²) in [5.41, 5.74) is 0.715. The monoisotopic (exact) mass is 1120 g/mol. The van der Waals surface area contributed by atoms with E-state index in [0.29, 0.717) is 58.0 Å². The van der Waals surface area contributed by atoms with Crippen molar-refractivity contribution < 1.29 is 45.6 Å². The summed E-state index contributed by atoms with van der Waals surface area (Å²) in [5.74, 6) is -3.36. The van der Waals surface area contributed by atoms with Crippen LogP contribution in [-0.4, -0.2) is 160 Å². The SMILES string of the molecule is CC[C@@H](C)C(=O)N[C@H](C(=O)N1CCC[C@H]1CN(CCc1ccccc1)C(=O)CCS(=O)(=O)c1cccc(S(=O)(=O)CCC(=O)N(CCc2ccccc2)C[C@@H]2CCCN2C(=O)[C@@H](NC(=O)[C@H](C)NC)C(C)(C)C)c1)C(C)(C)C. The van der Waals surface area contributed by atoms with Gasteiger partial charge in [0.15, 0.2) is 19.7 Å². The lowest BCUT2D eigenvalue weighted by atomic mass is 9.85. The van der Waals surface area contributed by atoms with Crippen LogP contribution in [0.2, 0.25) is 0 Å². The summed E-state index contributed by atoms with van der Waals surface area (Å²) in [4.78, 5) is 89.3. The molecule has 3 aromatic carbocycles. The van der Waals surface area contributed by atoms with Crippen molar-refractivity contribution in [3.63, 3.8) is 0 Å². The number of rotatable bonds is 26. The molecule has 5 rings (SSSR count). The van der Waals surface area contributed by atoms with Crippen LogP contribution in [0.1, 0.15) is 118 Å². The fourth-order valence-corrected chi connectivity index (χ4v) is 12.6. The van der Waals surface area contributed by atoms with Crippen molar-refractivity contribution in [2.45, 2.75) is 160 Å². The second-order valence-corrected chi connectivity index (χ2v) is 27.6. The van der Waals surface area contributed by atoms with Gasteiger partial charge in [0.05, 0.1) is 27.3 Å². The smallest absolute Gasteiger partial charge is 0.246 e. The average molecular weight is 1120 g/mol. The molecule has 0 aromatic heterocycles. The van der Waals surface area contributed by atoms with Crippen molar-refractivity contribution in [2.24, 2.45) is 16.7 Å². The Hall–Kier alpha value is -5.66. The first-order valence-electron chi connectivity index (χ1n) is 27.7. The molecular formula is C59H87N7O10S2. The zero-order valence-electron chi connectivity index (χ0n) is 47.8. The van der Waals surface area contributed by atoms with Crippen LogP contribution < -0.4 is 16.0 Å². The third-order valence-electron chi connectivity index (χ3n) is 15.3. The van der Waals surface area contributed by atoms with Gasteiger partial charge in [-0.15, -0.1) is 0 Å². The summed E-state index contributed by atoms with van der Waals surface area (Å²) in [6, 6.07) is 21.2. The van der Waals surface area contributed by atoms with E-state index in [9.17, 15) is 45.6 Å². The minimum Gasteiger partial charge on any atom is -0.344 e. The summed E-state index contributed by atoms with van der Waals surface area (Å²) in [7, 11) is -6.78. The van der Waals surface area contributed by atoms with E-state index < -0.39 is 84.8 Å². The first-order valence-corrected chi connectivity index (χ1v) is 31.0. The predicted octanol–water partition coefficient (Wildman–Crippen LogP) is 5.85. The molecule has 2 fully saturated rings. The molecule has 0 bridgehead atoms. The van der Waals surface area contributed by atoms with E-state index >= 15 is 0 Å². The van der Waals surface area contributed by atoms with E-state index in [2.05, 4.69) is 16.0 Å². The fourth-order valence-electron chi connectivity index (χ4n) is 9.95. The summed E-state index contributed by atoms with van der Waals surface area (Å²) < 4.78 is 56.2. The molecule has 0 aliphatic carbocycles. The molecule has 0 radical (unpaired) electrons. The van der Waals surface area contributed by atoms with Gasteiger partial charge in [0.2, 0.25) is 35.4 Å². The number of likely N-dealkylation sites (N-methyl/N-ethyl adjacent to an activating group) is 1. The number of hydrogen-bond donors (Lipinski definition) is 3. The van der Waals surface area contributed by atoms with Gasteiger partial charge < -0.3 is 35.6 Å². The molecule has 430 valence electrons. The van der Waals surface area contributed by atoms with Crippen LogP contribution in [0.4, 0.5) is 0 Å². The van der Waals surface area contributed by atoms with Crippen molar-refractivity contribution in [3.8, 4) is 0 Å². The van der Waals surface area contributed by atoms with Crippen LogP contribution in [0.25, 0.3) is 0 Å². The largest absolute Gasteiger partial charge is 0.344 e. The zero-order valence-corrected chi connectivity index (χ0v) is 49.4. The number of likely N-dealkylation sites (tertiary alicyclic amines) is 2. The number of hydrogen-bond acceptors (Lipinski definition) is 11. The molecule has 0 saturated carbocycles. The number of carbonyl (C=O) groups excluding carboxylic acids is 6. The first kappa shape index (κ1) is 63.2. The first-order chi connectivity index (χ1) is 36.7. The van der Waals surface area contributed by atoms with Crippen molar-refractivity contribution in [3.05, 3.63) is 96.1 Å². The van der Waals surface area contributed by atoms with Gasteiger partial charge in [0.1, 0.15) is 12.1 Å². The molecule has 0 spiro atoms. The molecule has 3 aromatic rings. The Balaban J connectivity index is 1.29. The molecule has 78 heavy (non-hydrogen) atoms.